The number of ether oxygens (including phenoxy) is 2. The SMILES string of the molecule is CBr.CC[C@H](C[NH+](C)CC(=O)c1ccccc1)OC(=O)C(NC(=O)OC(C)(C)C)c1ccccc1. The highest BCUT2D eigenvalue weighted by Crippen LogP contribution is 2.17. The average molecular weight is 551 g/mol. The van der Waals surface area contributed by atoms with Gasteiger partial charge in [0, 0.05) is 5.56 Å². The zero-order valence-corrected chi connectivity index (χ0v) is 23.1. The number of rotatable bonds is 10. The van der Waals surface area contributed by atoms with Crippen LogP contribution < -0.4 is 10.2 Å². The number of hydrogen-bond acceptors (Lipinski definition) is 5. The maximum absolute atomic E-state index is 13.1. The van der Waals surface area contributed by atoms with Gasteiger partial charge in [0.15, 0.2) is 12.1 Å². The lowest BCUT2D eigenvalue weighted by molar-refractivity contribution is -0.873. The van der Waals surface area contributed by atoms with Crippen molar-refractivity contribution in [2.75, 3.05) is 26.0 Å². The van der Waals surface area contributed by atoms with Crippen molar-refractivity contribution in [3.8, 4) is 0 Å². The number of likely N-dealkylation sites (N-methyl/N-ethyl adjacent to an activating group) is 1. The number of alkyl carbamates (subject to hydrolysis) is 1. The van der Waals surface area contributed by atoms with Crippen LogP contribution in [-0.2, 0) is 14.3 Å². The minimum atomic E-state index is -0.999. The van der Waals surface area contributed by atoms with Gasteiger partial charge in [-0.2, -0.15) is 0 Å². The number of carbonyl (C=O) groups is 3. The fourth-order valence-electron chi connectivity index (χ4n) is 3.31. The first-order chi connectivity index (χ1) is 16.6. The minimum Gasteiger partial charge on any atom is -0.455 e. The Morgan fingerprint density at radius 3 is 2.03 bits per heavy atom. The Kier molecular flexibility index (Phi) is 13.3. The van der Waals surface area contributed by atoms with E-state index in [-0.39, 0.29) is 12.3 Å². The van der Waals surface area contributed by atoms with Crippen LogP contribution >= 0.6 is 15.9 Å². The number of amides is 1. The lowest BCUT2D eigenvalue weighted by Gasteiger charge is -2.25. The zero-order chi connectivity index (χ0) is 26.4. The molecule has 0 radical (unpaired) electrons. The molecular formula is C27H38BrN2O5+. The van der Waals surface area contributed by atoms with Crippen molar-refractivity contribution < 1.29 is 28.8 Å². The van der Waals surface area contributed by atoms with E-state index in [1.165, 1.54) is 0 Å². The Morgan fingerprint density at radius 1 is 0.971 bits per heavy atom. The highest BCUT2D eigenvalue weighted by Gasteiger charge is 2.29. The Labute approximate surface area is 217 Å². The van der Waals surface area contributed by atoms with Gasteiger partial charge in [0.2, 0.25) is 5.78 Å². The van der Waals surface area contributed by atoms with E-state index in [1.54, 1.807) is 57.2 Å². The predicted molar refractivity (Wildman–Crippen MR) is 141 cm³/mol. The third kappa shape index (κ3) is 11.5. The molecular weight excluding hydrogens is 512 g/mol. The molecule has 0 spiro atoms. The number of halogens is 1. The van der Waals surface area contributed by atoms with E-state index in [4.69, 9.17) is 9.47 Å². The lowest BCUT2D eigenvalue weighted by atomic mass is 10.1. The van der Waals surface area contributed by atoms with Crippen molar-refractivity contribution in [1.82, 2.24) is 5.32 Å². The second-order valence-corrected chi connectivity index (χ2v) is 9.08. The Balaban J connectivity index is 0.00000298. The summed E-state index contributed by atoms with van der Waals surface area (Å²) < 4.78 is 11.1. The fraction of sp³-hybridized carbons (Fsp3) is 0.444. The number of quaternary nitrogens is 1. The minimum absolute atomic E-state index is 0.0306. The molecule has 2 aromatic rings. The van der Waals surface area contributed by atoms with E-state index in [2.05, 4.69) is 21.2 Å². The number of hydrogen-bond donors (Lipinski definition) is 2. The van der Waals surface area contributed by atoms with Crippen LogP contribution in [0.25, 0.3) is 0 Å². The molecule has 0 aromatic heterocycles. The van der Waals surface area contributed by atoms with Gasteiger partial charge >= 0.3 is 12.1 Å². The molecule has 3 atom stereocenters. The van der Waals surface area contributed by atoms with Gasteiger partial charge in [-0.25, -0.2) is 9.59 Å². The molecule has 2 aromatic carbocycles. The van der Waals surface area contributed by atoms with Gasteiger partial charge in [-0.3, -0.25) is 4.79 Å². The first kappa shape index (κ1) is 30.3. The molecule has 2 N–H and O–H groups in total. The molecule has 0 aliphatic rings. The van der Waals surface area contributed by atoms with Crippen molar-refractivity contribution in [3.05, 3.63) is 71.8 Å². The monoisotopic (exact) mass is 549 g/mol. The average Bonchev–Trinajstić information content (AvgIpc) is 2.83. The molecule has 0 saturated carbocycles. The van der Waals surface area contributed by atoms with Crippen LogP contribution in [0.5, 0.6) is 0 Å². The van der Waals surface area contributed by atoms with Crippen molar-refractivity contribution >= 4 is 33.8 Å². The molecule has 0 saturated heterocycles. The molecule has 0 aliphatic carbocycles. The van der Waals surface area contributed by atoms with Gasteiger partial charge in [-0.15, -0.1) is 0 Å². The standard InChI is InChI=1S/C26H34N2O5.CH3Br/c1-6-21(17-28(5)18-22(29)19-13-9-7-10-14-19)32-24(30)23(20-15-11-8-12-16-20)27-25(31)33-26(2,3)4;1-2/h7-16,21,23H,6,17-18H2,1-5H3,(H,27,31);1H3/p+1/t21-,23?;/m1./s1. The van der Waals surface area contributed by atoms with Crippen LogP contribution in [0.2, 0.25) is 0 Å². The van der Waals surface area contributed by atoms with E-state index in [0.717, 1.165) is 4.90 Å². The molecule has 0 fully saturated rings. The molecule has 2 unspecified atom stereocenters. The van der Waals surface area contributed by atoms with Crippen LogP contribution in [0.15, 0.2) is 60.7 Å². The van der Waals surface area contributed by atoms with E-state index < -0.39 is 29.8 Å². The number of nitrogens with one attached hydrogen (secondary N) is 2. The molecule has 1 amide bonds. The Bertz CT molecular complexity index is 916. The van der Waals surface area contributed by atoms with Gasteiger partial charge in [-0.05, 0) is 38.6 Å². The van der Waals surface area contributed by atoms with E-state index in [1.807, 2.05) is 44.1 Å². The van der Waals surface area contributed by atoms with E-state index in [0.29, 0.717) is 24.1 Å². The summed E-state index contributed by atoms with van der Waals surface area (Å²) in [6.45, 7) is 7.94. The Morgan fingerprint density at radius 2 is 1.51 bits per heavy atom. The van der Waals surface area contributed by atoms with Gasteiger partial charge in [0.05, 0.1) is 7.05 Å². The van der Waals surface area contributed by atoms with Crippen molar-refractivity contribution in [3.63, 3.8) is 0 Å². The fourth-order valence-corrected chi connectivity index (χ4v) is 3.31. The summed E-state index contributed by atoms with van der Waals surface area (Å²) >= 11 is 2.94. The summed E-state index contributed by atoms with van der Waals surface area (Å²) in [5, 5.41) is 2.63. The van der Waals surface area contributed by atoms with Crippen molar-refractivity contribution in [2.24, 2.45) is 0 Å². The normalized spacial score (nSPS) is 13.3. The largest absolute Gasteiger partial charge is 0.455 e. The van der Waals surface area contributed by atoms with Gasteiger partial charge in [0.1, 0.15) is 18.7 Å². The first-order valence-electron chi connectivity index (χ1n) is 11.6. The summed E-state index contributed by atoms with van der Waals surface area (Å²) in [5.74, 6) is 1.27. The van der Waals surface area contributed by atoms with Crippen LogP contribution in [0, 0.1) is 0 Å². The number of alkyl halides is 1. The maximum atomic E-state index is 13.1. The third-order valence-electron chi connectivity index (χ3n) is 4.90. The van der Waals surface area contributed by atoms with Crippen LogP contribution in [0.4, 0.5) is 4.79 Å². The third-order valence-corrected chi connectivity index (χ3v) is 4.90. The second-order valence-electron chi connectivity index (χ2n) is 9.08. The summed E-state index contributed by atoms with van der Waals surface area (Å²) in [5.41, 5.74) is 0.564. The summed E-state index contributed by atoms with van der Waals surface area (Å²) in [4.78, 5) is 38.8. The van der Waals surface area contributed by atoms with Crippen LogP contribution in [-0.4, -0.2) is 55.5 Å². The van der Waals surface area contributed by atoms with Gasteiger partial charge in [-0.1, -0.05) is 83.5 Å². The number of carbonyl (C=O) groups excluding carboxylic acids is 3. The summed E-state index contributed by atoms with van der Waals surface area (Å²) in [7, 11) is 1.89. The highest BCUT2D eigenvalue weighted by molar-refractivity contribution is 9.08. The van der Waals surface area contributed by atoms with E-state index in [9.17, 15) is 14.4 Å². The summed E-state index contributed by atoms with van der Waals surface area (Å²) in [6, 6.07) is 17.0. The molecule has 0 aliphatic heterocycles. The molecule has 35 heavy (non-hydrogen) atoms. The number of esters is 1. The van der Waals surface area contributed by atoms with Gasteiger partial charge < -0.3 is 19.7 Å². The molecule has 2 rings (SSSR count). The van der Waals surface area contributed by atoms with Crippen molar-refractivity contribution in [1.29, 1.82) is 0 Å². The molecule has 192 valence electrons. The topological polar surface area (TPSA) is 86.1 Å². The first-order valence-corrected chi connectivity index (χ1v) is 13.2. The summed E-state index contributed by atoms with van der Waals surface area (Å²) in [6.07, 6.45) is -0.526. The van der Waals surface area contributed by atoms with Crippen LogP contribution in [0.1, 0.15) is 56.1 Å². The molecule has 0 heterocycles. The maximum Gasteiger partial charge on any atom is 0.408 e. The Hall–Kier alpha value is -2.71. The number of Topliss-reactive ketones (excluding diaryl/α,β-unsaturated/α-hetero) is 1. The predicted octanol–water partition coefficient (Wildman–Crippen LogP) is 3.98. The molecule has 7 nitrogen and oxygen atoms in total. The lowest BCUT2D eigenvalue weighted by Crippen LogP contribution is -3.11. The van der Waals surface area contributed by atoms with Gasteiger partial charge in [0.25, 0.3) is 0 Å². The quantitative estimate of drug-likeness (QED) is 0.266. The van der Waals surface area contributed by atoms with E-state index >= 15 is 0 Å². The smallest absolute Gasteiger partial charge is 0.408 e. The molecule has 0 bridgehead atoms. The number of ketones is 1. The number of benzene rings is 2. The zero-order valence-electron chi connectivity index (χ0n) is 21.5. The second kappa shape index (κ2) is 15.3. The van der Waals surface area contributed by atoms with Crippen LogP contribution in [0.3, 0.4) is 0 Å². The molecule has 8 heteroatoms. The highest BCUT2D eigenvalue weighted by atomic mass is 79.9. The van der Waals surface area contributed by atoms with Crippen molar-refractivity contribution in [2.45, 2.75) is 51.9 Å².